The molecule has 2 aromatic rings. The van der Waals surface area contributed by atoms with Crippen molar-refractivity contribution in [1.29, 1.82) is 0 Å². The summed E-state index contributed by atoms with van der Waals surface area (Å²) < 4.78 is 0. The molecule has 0 spiro atoms. The van der Waals surface area contributed by atoms with Crippen LogP contribution >= 0.6 is 0 Å². The second-order valence-corrected chi connectivity index (χ2v) is 8.79. The maximum absolute atomic E-state index is 4.96. The minimum absolute atomic E-state index is 0.167. The highest BCUT2D eigenvalue weighted by molar-refractivity contribution is 5.61. The van der Waals surface area contributed by atoms with E-state index < -0.39 is 0 Å². The van der Waals surface area contributed by atoms with Crippen LogP contribution in [0.4, 0.5) is 5.95 Å². The molecule has 0 bridgehead atoms. The van der Waals surface area contributed by atoms with Crippen LogP contribution < -0.4 is 4.90 Å². The van der Waals surface area contributed by atoms with E-state index in [1.54, 1.807) is 0 Å². The maximum atomic E-state index is 4.96. The zero-order valence-corrected chi connectivity index (χ0v) is 21.9. The van der Waals surface area contributed by atoms with E-state index in [-0.39, 0.29) is 12.0 Å². The van der Waals surface area contributed by atoms with Gasteiger partial charge in [0.1, 0.15) is 0 Å². The molecule has 2 rings (SSSR count). The predicted octanol–water partition coefficient (Wildman–Crippen LogP) is 8.62. The Kier molecular flexibility index (Phi) is 12.3. The Labute approximate surface area is 213 Å². The third kappa shape index (κ3) is 9.74. The van der Waals surface area contributed by atoms with Gasteiger partial charge < -0.3 is 4.90 Å². The van der Waals surface area contributed by atoms with Crippen LogP contribution in [-0.2, 0) is 0 Å². The molecular formula is C32H41N3. The molecule has 1 aromatic heterocycles. The van der Waals surface area contributed by atoms with E-state index in [1.807, 2.05) is 24.3 Å². The molecule has 1 heterocycles. The van der Waals surface area contributed by atoms with Crippen molar-refractivity contribution >= 4 is 5.95 Å². The molecular weight excluding hydrogens is 426 g/mol. The minimum atomic E-state index is 0.167. The predicted molar refractivity (Wildman–Crippen MR) is 154 cm³/mol. The van der Waals surface area contributed by atoms with Crippen molar-refractivity contribution in [3.05, 3.63) is 116 Å². The van der Waals surface area contributed by atoms with E-state index in [1.165, 1.54) is 0 Å². The lowest BCUT2D eigenvalue weighted by Gasteiger charge is -2.25. The average Bonchev–Trinajstić information content (AvgIpc) is 2.89. The molecule has 0 aliphatic carbocycles. The molecule has 3 nitrogen and oxygen atoms in total. The minimum Gasteiger partial charge on any atom is -0.341 e. The van der Waals surface area contributed by atoms with Gasteiger partial charge in [0.25, 0.3) is 0 Å². The van der Waals surface area contributed by atoms with Gasteiger partial charge in [-0.25, -0.2) is 9.97 Å². The molecule has 3 heteroatoms. The number of allylic oxidation sites excluding steroid dienone is 9. The second-order valence-electron chi connectivity index (χ2n) is 8.79. The smallest absolute Gasteiger partial charge is 0.226 e. The van der Waals surface area contributed by atoms with Gasteiger partial charge in [-0.2, -0.15) is 0 Å². The lowest BCUT2D eigenvalue weighted by molar-refractivity contribution is 0.673. The number of rotatable bonds is 14. The summed E-state index contributed by atoms with van der Waals surface area (Å²) in [5, 5.41) is 0. The Bertz CT molecular complexity index is 1040. The van der Waals surface area contributed by atoms with E-state index in [0.717, 1.165) is 54.2 Å². The molecule has 0 fully saturated rings. The summed E-state index contributed by atoms with van der Waals surface area (Å²) in [5.74, 6) is 0.921. The fraction of sp³-hybridized carbons (Fsp3) is 0.312. The van der Waals surface area contributed by atoms with Gasteiger partial charge >= 0.3 is 0 Å². The van der Waals surface area contributed by atoms with Crippen molar-refractivity contribution in [3.63, 3.8) is 0 Å². The average molecular weight is 468 g/mol. The van der Waals surface area contributed by atoms with Gasteiger partial charge in [-0.15, -0.1) is 6.58 Å². The van der Waals surface area contributed by atoms with Crippen LogP contribution in [0, 0.1) is 0 Å². The van der Waals surface area contributed by atoms with Crippen molar-refractivity contribution in [2.45, 2.75) is 58.4 Å². The first-order valence-electron chi connectivity index (χ1n) is 12.6. The summed E-state index contributed by atoms with van der Waals surface area (Å²) in [5.41, 5.74) is 4.22. The second kappa shape index (κ2) is 15.4. The topological polar surface area (TPSA) is 29.0 Å². The molecule has 0 saturated heterocycles. The maximum Gasteiger partial charge on any atom is 0.226 e. The fourth-order valence-electron chi connectivity index (χ4n) is 3.36. The quantitative estimate of drug-likeness (QED) is 0.206. The lowest BCUT2D eigenvalue weighted by atomic mass is 10.0. The molecule has 0 saturated carbocycles. The van der Waals surface area contributed by atoms with Crippen LogP contribution in [0.25, 0.3) is 11.3 Å². The highest BCUT2D eigenvalue weighted by Crippen LogP contribution is 2.25. The van der Waals surface area contributed by atoms with Crippen LogP contribution in [-0.4, -0.2) is 23.1 Å². The molecule has 0 radical (unpaired) electrons. The van der Waals surface area contributed by atoms with Gasteiger partial charge in [0, 0.05) is 24.6 Å². The van der Waals surface area contributed by atoms with E-state index in [9.17, 15) is 0 Å². The Morgan fingerprint density at radius 2 is 1.77 bits per heavy atom. The van der Waals surface area contributed by atoms with Crippen LogP contribution in [0.2, 0.25) is 0 Å². The van der Waals surface area contributed by atoms with Crippen molar-refractivity contribution in [3.8, 4) is 11.3 Å². The normalized spacial score (nSPS) is 13.7. The number of anilines is 1. The van der Waals surface area contributed by atoms with Crippen molar-refractivity contribution in [1.82, 2.24) is 9.97 Å². The van der Waals surface area contributed by atoms with Crippen LogP contribution in [0.3, 0.4) is 0 Å². The number of aromatic nitrogens is 2. The Morgan fingerprint density at radius 3 is 2.49 bits per heavy atom. The monoisotopic (exact) mass is 467 g/mol. The molecule has 2 unspecified atom stereocenters. The molecule has 2 atom stereocenters. The molecule has 35 heavy (non-hydrogen) atoms. The van der Waals surface area contributed by atoms with E-state index in [0.29, 0.717) is 0 Å². The van der Waals surface area contributed by atoms with Crippen molar-refractivity contribution in [2.24, 2.45) is 0 Å². The van der Waals surface area contributed by atoms with Gasteiger partial charge in [-0.3, -0.25) is 0 Å². The summed E-state index contributed by atoms with van der Waals surface area (Å²) in [4.78, 5) is 12.1. The SMILES string of the molecule is C=CC/C=C\C=C/C(C)c1cc(-c2ccccc2)nc(N(C)C(C)C/C=C\C/C=C\C(=C)CC)n1. The van der Waals surface area contributed by atoms with Crippen molar-refractivity contribution < 1.29 is 0 Å². The van der Waals surface area contributed by atoms with Gasteiger partial charge in [0.15, 0.2) is 0 Å². The summed E-state index contributed by atoms with van der Waals surface area (Å²) in [6, 6.07) is 12.7. The van der Waals surface area contributed by atoms with Crippen molar-refractivity contribution in [2.75, 3.05) is 11.9 Å². The fourth-order valence-corrected chi connectivity index (χ4v) is 3.36. The standard InChI is InChI=1S/C32H41N3/c1-7-9-10-11-16-21-27(4)30-25-31(29-23-18-14-19-24-29)34-32(33-30)35(6)28(5)22-17-13-12-15-20-26(3)8-2/h7,10-11,13-21,23-25,27-28H,1,3,8-9,12,22H2,2,4-6H3/b11-10-,17-13-,20-15-,21-16-. The molecule has 0 aliphatic rings. The Balaban J connectivity index is 2.20. The molecule has 0 aliphatic heterocycles. The van der Waals surface area contributed by atoms with Gasteiger partial charge in [0.2, 0.25) is 5.95 Å². The summed E-state index contributed by atoms with van der Waals surface area (Å²) in [6.07, 6.45) is 22.7. The molecule has 184 valence electrons. The highest BCUT2D eigenvalue weighted by atomic mass is 15.2. The molecule has 1 aromatic carbocycles. The largest absolute Gasteiger partial charge is 0.341 e. The molecule has 0 amide bonds. The lowest BCUT2D eigenvalue weighted by Crippen LogP contribution is -2.30. The van der Waals surface area contributed by atoms with Gasteiger partial charge in [0.05, 0.1) is 11.4 Å². The number of hydrogen-bond donors (Lipinski definition) is 0. The summed E-state index contributed by atoms with van der Waals surface area (Å²) in [6.45, 7) is 14.3. The number of benzene rings is 1. The van der Waals surface area contributed by atoms with E-state index in [4.69, 9.17) is 9.97 Å². The first-order valence-corrected chi connectivity index (χ1v) is 12.6. The highest BCUT2D eigenvalue weighted by Gasteiger charge is 2.16. The third-order valence-corrected chi connectivity index (χ3v) is 5.92. The Morgan fingerprint density at radius 1 is 1.00 bits per heavy atom. The van der Waals surface area contributed by atoms with Gasteiger partial charge in [-0.05, 0) is 38.7 Å². The van der Waals surface area contributed by atoms with E-state index in [2.05, 4.69) is 113 Å². The summed E-state index contributed by atoms with van der Waals surface area (Å²) >= 11 is 0. The van der Waals surface area contributed by atoms with E-state index >= 15 is 0 Å². The number of hydrogen-bond acceptors (Lipinski definition) is 3. The third-order valence-electron chi connectivity index (χ3n) is 5.92. The zero-order chi connectivity index (χ0) is 25.5. The van der Waals surface area contributed by atoms with Crippen LogP contribution in [0.5, 0.6) is 0 Å². The van der Waals surface area contributed by atoms with Crippen LogP contribution in [0.1, 0.15) is 58.1 Å². The first-order chi connectivity index (χ1) is 17.0. The zero-order valence-electron chi connectivity index (χ0n) is 21.9. The molecule has 0 N–H and O–H groups in total. The van der Waals surface area contributed by atoms with Gasteiger partial charge in [-0.1, -0.05) is 111 Å². The summed E-state index contributed by atoms with van der Waals surface area (Å²) in [7, 11) is 2.08. The first kappa shape index (κ1) is 27.8. The van der Waals surface area contributed by atoms with Crippen LogP contribution in [0.15, 0.2) is 110 Å². The Hall–Kier alpha value is -3.46. The number of nitrogens with zero attached hydrogens (tertiary/aromatic N) is 3.